The van der Waals surface area contributed by atoms with Gasteiger partial charge in [-0.2, -0.15) is 4.98 Å². The van der Waals surface area contributed by atoms with Crippen molar-refractivity contribution in [3.63, 3.8) is 0 Å². The maximum absolute atomic E-state index is 11.0. The molecule has 122 valence electrons. The molecule has 0 unspecified atom stereocenters. The molecule has 0 aliphatic heterocycles. The van der Waals surface area contributed by atoms with E-state index < -0.39 is 10.5 Å². The van der Waals surface area contributed by atoms with Crippen LogP contribution >= 0.6 is 0 Å². The maximum atomic E-state index is 11.0. The Morgan fingerprint density at radius 1 is 1.35 bits per heavy atom. The van der Waals surface area contributed by atoms with E-state index in [1.165, 1.54) is 6.07 Å². The van der Waals surface area contributed by atoms with Crippen molar-refractivity contribution < 1.29 is 9.45 Å². The topological polar surface area (TPSA) is 120 Å². The molecule has 0 bridgehead atoms. The molecule has 3 rings (SSSR count). The Morgan fingerprint density at radius 2 is 2.09 bits per heavy atom. The summed E-state index contributed by atoms with van der Waals surface area (Å²) in [5.74, 6) is 1.05. The first-order valence-corrected chi connectivity index (χ1v) is 7.68. The zero-order chi connectivity index (χ0) is 16.3. The number of para-hydroxylation sites is 2. The van der Waals surface area contributed by atoms with Gasteiger partial charge in [0, 0.05) is 19.0 Å². The van der Waals surface area contributed by atoms with Crippen LogP contribution in [0.3, 0.4) is 0 Å². The predicted octanol–water partition coefficient (Wildman–Crippen LogP) is 2.36. The quantitative estimate of drug-likeness (QED) is 0.619. The van der Waals surface area contributed by atoms with Crippen molar-refractivity contribution in [2.75, 3.05) is 11.9 Å². The third kappa shape index (κ3) is 3.31. The summed E-state index contributed by atoms with van der Waals surface area (Å²) in [7, 11) is 0. The second-order valence-electron chi connectivity index (χ2n) is 5.83. The van der Waals surface area contributed by atoms with E-state index in [9.17, 15) is 10.1 Å². The molecule has 23 heavy (non-hydrogen) atoms. The molecule has 1 aliphatic carbocycles. The summed E-state index contributed by atoms with van der Waals surface area (Å²) in [4.78, 5) is 14.9. The molecular weight excluding hydrogens is 298 g/mol. The van der Waals surface area contributed by atoms with Crippen LogP contribution in [0.25, 0.3) is 0 Å². The van der Waals surface area contributed by atoms with Gasteiger partial charge >= 0.3 is 0 Å². The Hall–Kier alpha value is -2.48. The van der Waals surface area contributed by atoms with Gasteiger partial charge in [0.25, 0.3) is 5.69 Å². The smallest absolute Gasteiger partial charge is 0.292 e. The summed E-state index contributed by atoms with van der Waals surface area (Å²) in [5.41, 5.74) is 6.35. The lowest BCUT2D eigenvalue weighted by Crippen LogP contribution is -2.34. The number of hydrogen-bond donors (Lipinski definition) is 2. The molecule has 1 aromatic carbocycles. The number of nitrogens with two attached hydrogens (primary N) is 1. The fourth-order valence-electron chi connectivity index (χ4n) is 2.87. The Balaban J connectivity index is 1.60. The van der Waals surface area contributed by atoms with Gasteiger partial charge in [-0.05, 0) is 18.9 Å². The third-order valence-corrected chi connectivity index (χ3v) is 4.16. The Labute approximate surface area is 133 Å². The number of hydrogen-bond acceptors (Lipinski definition) is 7. The molecule has 1 aromatic heterocycles. The number of benzene rings is 1. The Kier molecular flexibility index (Phi) is 4.24. The summed E-state index contributed by atoms with van der Waals surface area (Å²) in [5, 5.41) is 18.0. The minimum absolute atomic E-state index is 0.0468. The first kappa shape index (κ1) is 15.4. The van der Waals surface area contributed by atoms with Crippen LogP contribution in [0.5, 0.6) is 0 Å². The number of nitro benzene ring substituents is 1. The van der Waals surface area contributed by atoms with E-state index >= 15 is 0 Å². The van der Waals surface area contributed by atoms with Crippen molar-refractivity contribution in [1.29, 1.82) is 0 Å². The number of nitrogens with zero attached hydrogens (tertiary/aromatic N) is 3. The van der Waals surface area contributed by atoms with Crippen molar-refractivity contribution in [3.8, 4) is 0 Å². The number of rotatable bonds is 6. The van der Waals surface area contributed by atoms with Crippen LogP contribution in [0.1, 0.15) is 37.4 Å². The van der Waals surface area contributed by atoms with Gasteiger partial charge in [0.15, 0.2) is 5.82 Å². The predicted molar refractivity (Wildman–Crippen MR) is 83.9 cm³/mol. The van der Waals surface area contributed by atoms with Crippen LogP contribution in [0.4, 0.5) is 11.4 Å². The summed E-state index contributed by atoms with van der Waals surface area (Å²) in [6.07, 6.45) is 4.40. The van der Waals surface area contributed by atoms with E-state index in [4.69, 9.17) is 10.3 Å². The molecule has 1 saturated carbocycles. The van der Waals surface area contributed by atoms with Crippen LogP contribution in [0.2, 0.25) is 0 Å². The monoisotopic (exact) mass is 317 g/mol. The highest BCUT2D eigenvalue weighted by Gasteiger charge is 2.35. The minimum atomic E-state index is -0.465. The van der Waals surface area contributed by atoms with Gasteiger partial charge < -0.3 is 15.6 Å². The zero-order valence-corrected chi connectivity index (χ0v) is 12.7. The van der Waals surface area contributed by atoms with E-state index in [-0.39, 0.29) is 5.69 Å². The molecule has 1 aliphatic rings. The molecule has 2 aromatic rings. The lowest BCUT2D eigenvalue weighted by atomic mass is 9.99. The van der Waals surface area contributed by atoms with Crippen molar-refractivity contribution in [1.82, 2.24) is 10.1 Å². The average Bonchev–Trinajstić information content (AvgIpc) is 3.18. The van der Waals surface area contributed by atoms with E-state index in [0.717, 1.165) is 25.7 Å². The van der Waals surface area contributed by atoms with Crippen LogP contribution in [-0.2, 0) is 12.0 Å². The summed E-state index contributed by atoms with van der Waals surface area (Å²) < 4.78 is 5.24. The van der Waals surface area contributed by atoms with E-state index in [0.29, 0.717) is 30.4 Å². The molecule has 0 radical (unpaired) electrons. The van der Waals surface area contributed by atoms with Gasteiger partial charge in [-0.3, -0.25) is 10.1 Å². The standard InChI is InChI=1S/C15H19N5O3/c16-15(8-3-4-9-15)14-18-13(23-19-14)7-10-17-11-5-1-2-6-12(11)20(21)22/h1-2,5-6,17H,3-4,7-10,16H2. The zero-order valence-electron chi connectivity index (χ0n) is 12.7. The summed E-state index contributed by atoms with van der Waals surface area (Å²) >= 11 is 0. The molecule has 0 atom stereocenters. The van der Waals surface area contributed by atoms with Crippen LogP contribution in [-0.4, -0.2) is 21.6 Å². The summed E-state index contributed by atoms with van der Waals surface area (Å²) in [6.45, 7) is 0.462. The highest BCUT2D eigenvalue weighted by Crippen LogP contribution is 2.34. The van der Waals surface area contributed by atoms with E-state index in [2.05, 4.69) is 15.5 Å². The maximum Gasteiger partial charge on any atom is 0.292 e. The molecule has 8 nitrogen and oxygen atoms in total. The first-order valence-electron chi connectivity index (χ1n) is 7.68. The van der Waals surface area contributed by atoms with Crippen LogP contribution in [0.15, 0.2) is 28.8 Å². The van der Waals surface area contributed by atoms with Gasteiger partial charge in [0.1, 0.15) is 5.69 Å². The summed E-state index contributed by atoms with van der Waals surface area (Å²) in [6, 6.07) is 6.52. The van der Waals surface area contributed by atoms with Crippen molar-refractivity contribution in [3.05, 3.63) is 46.1 Å². The fourth-order valence-corrected chi connectivity index (χ4v) is 2.87. The SMILES string of the molecule is NC1(c2noc(CCNc3ccccc3[N+](=O)[O-])n2)CCCC1. The van der Waals surface area contributed by atoms with Gasteiger partial charge in [-0.15, -0.1) is 0 Å². The molecule has 0 amide bonds. The highest BCUT2D eigenvalue weighted by molar-refractivity contribution is 5.61. The van der Waals surface area contributed by atoms with Crippen LogP contribution < -0.4 is 11.1 Å². The molecule has 1 heterocycles. The van der Waals surface area contributed by atoms with E-state index in [1.54, 1.807) is 18.2 Å². The van der Waals surface area contributed by atoms with E-state index in [1.807, 2.05) is 0 Å². The molecule has 1 fully saturated rings. The molecule has 0 spiro atoms. The van der Waals surface area contributed by atoms with Crippen molar-refractivity contribution >= 4 is 11.4 Å². The second kappa shape index (κ2) is 6.33. The van der Waals surface area contributed by atoms with Gasteiger partial charge in [-0.25, -0.2) is 0 Å². The Bertz CT molecular complexity index is 694. The molecule has 0 saturated heterocycles. The largest absolute Gasteiger partial charge is 0.379 e. The van der Waals surface area contributed by atoms with Gasteiger partial charge in [0.05, 0.1) is 10.5 Å². The molecule has 3 N–H and O–H groups in total. The third-order valence-electron chi connectivity index (χ3n) is 4.16. The van der Waals surface area contributed by atoms with Gasteiger partial charge in [0.2, 0.25) is 5.89 Å². The molecular formula is C15H19N5O3. The number of nitro groups is 1. The van der Waals surface area contributed by atoms with Crippen molar-refractivity contribution in [2.45, 2.75) is 37.6 Å². The second-order valence-corrected chi connectivity index (χ2v) is 5.83. The average molecular weight is 317 g/mol. The van der Waals surface area contributed by atoms with Crippen molar-refractivity contribution in [2.24, 2.45) is 5.73 Å². The lowest BCUT2D eigenvalue weighted by molar-refractivity contribution is -0.384. The Morgan fingerprint density at radius 3 is 2.83 bits per heavy atom. The first-order chi connectivity index (χ1) is 11.1. The fraction of sp³-hybridized carbons (Fsp3) is 0.467. The number of nitrogens with one attached hydrogen (secondary N) is 1. The number of anilines is 1. The molecule has 8 heteroatoms. The van der Waals surface area contributed by atoms with Gasteiger partial charge in [-0.1, -0.05) is 30.1 Å². The van der Waals surface area contributed by atoms with Crippen LogP contribution in [0, 0.1) is 10.1 Å². The lowest BCUT2D eigenvalue weighted by Gasteiger charge is -2.17. The minimum Gasteiger partial charge on any atom is -0.379 e. The number of aromatic nitrogens is 2. The highest BCUT2D eigenvalue weighted by atomic mass is 16.6. The normalized spacial score (nSPS) is 16.4.